The van der Waals surface area contributed by atoms with Crippen molar-refractivity contribution in [2.45, 2.75) is 13.0 Å². The van der Waals surface area contributed by atoms with E-state index in [4.69, 9.17) is 13.6 Å². The molecule has 0 bridgehead atoms. The van der Waals surface area contributed by atoms with Gasteiger partial charge in [-0.3, -0.25) is 9.59 Å². The molecule has 0 aliphatic carbocycles. The van der Waals surface area contributed by atoms with Gasteiger partial charge in [0.1, 0.15) is 6.04 Å². The standard InChI is InChI=1S/C17H18N2O6/c1-2-23-17(22)12-11-18(15(20)13-5-3-9-24-13)7-8-19(12)16(21)14-6-4-10-25-14/h3-6,9-10,12H,2,7-8,11H2,1H3. The van der Waals surface area contributed by atoms with Crippen LogP contribution >= 0.6 is 0 Å². The zero-order chi connectivity index (χ0) is 17.8. The normalized spacial score (nSPS) is 17.4. The topological polar surface area (TPSA) is 93.2 Å². The van der Waals surface area contributed by atoms with Crippen molar-refractivity contribution in [3.63, 3.8) is 0 Å². The number of esters is 1. The fourth-order valence-corrected chi connectivity index (χ4v) is 2.75. The highest BCUT2D eigenvalue weighted by Gasteiger charge is 2.39. The largest absolute Gasteiger partial charge is 0.464 e. The molecule has 3 rings (SSSR count). The third kappa shape index (κ3) is 3.42. The first-order valence-electron chi connectivity index (χ1n) is 7.95. The van der Waals surface area contributed by atoms with Gasteiger partial charge in [0.05, 0.1) is 25.7 Å². The highest BCUT2D eigenvalue weighted by Crippen LogP contribution is 2.18. The van der Waals surface area contributed by atoms with Crippen molar-refractivity contribution in [3.8, 4) is 0 Å². The third-order valence-electron chi connectivity index (χ3n) is 3.95. The number of hydrogen-bond donors (Lipinski definition) is 0. The van der Waals surface area contributed by atoms with Crippen LogP contribution < -0.4 is 0 Å². The average Bonchev–Trinajstić information content (AvgIpc) is 3.33. The van der Waals surface area contributed by atoms with Crippen molar-refractivity contribution in [3.05, 3.63) is 48.3 Å². The predicted molar refractivity (Wildman–Crippen MR) is 84.8 cm³/mol. The molecule has 3 heterocycles. The summed E-state index contributed by atoms with van der Waals surface area (Å²) >= 11 is 0. The quantitative estimate of drug-likeness (QED) is 0.777. The Morgan fingerprint density at radius 1 is 1.08 bits per heavy atom. The Bertz CT molecular complexity index is 737. The lowest BCUT2D eigenvalue weighted by atomic mass is 10.1. The van der Waals surface area contributed by atoms with E-state index in [1.165, 1.54) is 28.4 Å². The lowest BCUT2D eigenvalue weighted by molar-refractivity contribution is -0.150. The van der Waals surface area contributed by atoms with Crippen LogP contribution in [0.4, 0.5) is 0 Å². The fraction of sp³-hybridized carbons (Fsp3) is 0.353. The Morgan fingerprint density at radius 2 is 1.72 bits per heavy atom. The molecule has 1 atom stereocenters. The van der Waals surface area contributed by atoms with E-state index in [-0.39, 0.29) is 43.7 Å². The molecule has 0 saturated carbocycles. The zero-order valence-electron chi connectivity index (χ0n) is 13.7. The van der Waals surface area contributed by atoms with Gasteiger partial charge >= 0.3 is 5.97 Å². The number of rotatable bonds is 4. The van der Waals surface area contributed by atoms with Gasteiger partial charge in [-0.25, -0.2) is 4.79 Å². The van der Waals surface area contributed by atoms with Gasteiger partial charge in [0.25, 0.3) is 11.8 Å². The maximum atomic E-state index is 12.6. The van der Waals surface area contributed by atoms with Crippen LogP contribution in [-0.4, -0.2) is 59.9 Å². The molecule has 25 heavy (non-hydrogen) atoms. The summed E-state index contributed by atoms with van der Waals surface area (Å²) in [7, 11) is 0. The summed E-state index contributed by atoms with van der Waals surface area (Å²) in [4.78, 5) is 40.2. The molecule has 2 amide bonds. The van der Waals surface area contributed by atoms with Crippen LogP contribution in [0.25, 0.3) is 0 Å². The van der Waals surface area contributed by atoms with Gasteiger partial charge in [-0.1, -0.05) is 0 Å². The molecule has 8 heteroatoms. The van der Waals surface area contributed by atoms with E-state index in [0.29, 0.717) is 0 Å². The van der Waals surface area contributed by atoms with Crippen LogP contribution in [0.15, 0.2) is 45.6 Å². The van der Waals surface area contributed by atoms with Gasteiger partial charge in [-0.15, -0.1) is 0 Å². The second-order valence-corrected chi connectivity index (χ2v) is 5.47. The van der Waals surface area contributed by atoms with Gasteiger partial charge in [0.15, 0.2) is 11.5 Å². The van der Waals surface area contributed by atoms with E-state index in [9.17, 15) is 14.4 Å². The number of carbonyl (C=O) groups excluding carboxylic acids is 3. The lowest BCUT2D eigenvalue weighted by Gasteiger charge is -2.39. The van der Waals surface area contributed by atoms with Crippen molar-refractivity contribution in [1.82, 2.24) is 9.80 Å². The number of piperazine rings is 1. The fourth-order valence-electron chi connectivity index (χ4n) is 2.75. The van der Waals surface area contributed by atoms with Crippen LogP contribution in [0.2, 0.25) is 0 Å². The Balaban J connectivity index is 1.80. The summed E-state index contributed by atoms with van der Waals surface area (Å²) in [5.74, 6) is -0.967. The molecule has 1 unspecified atom stereocenters. The van der Waals surface area contributed by atoms with Crippen molar-refractivity contribution in [1.29, 1.82) is 0 Å². The second kappa shape index (κ2) is 7.25. The molecule has 0 N–H and O–H groups in total. The summed E-state index contributed by atoms with van der Waals surface area (Å²) < 4.78 is 15.3. The number of furan rings is 2. The number of amides is 2. The number of ether oxygens (including phenoxy) is 1. The van der Waals surface area contributed by atoms with Gasteiger partial charge < -0.3 is 23.4 Å². The Hall–Kier alpha value is -3.03. The Morgan fingerprint density at radius 3 is 2.28 bits per heavy atom. The maximum absolute atomic E-state index is 12.6. The highest BCUT2D eigenvalue weighted by atomic mass is 16.5. The van der Waals surface area contributed by atoms with Gasteiger partial charge in [0.2, 0.25) is 0 Å². The third-order valence-corrected chi connectivity index (χ3v) is 3.95. The average molecular weight is 346 g/mol. The number of hydrogen-bond acceptors (Lipinski definition) is 6. The Kier molecular flexibility index (Phi) is 4.87. The minimum absolute atomic E-state index is 0.0326. The second-order valence-electron chi connectivity index (χ2n) is 5.47. The molecule has 8 nitrogen and oxygen atoms in total. The van der Waals surface area contributed by atoms with Crippen LogP contribution in [0.3, 0.4) is 0 Å². The van der Waals surface area contributed by atoms with Gasteiger partial charge in [0, 0.05) is 13.1 Å². The molecular weight excluding hydrogens is 328 g/mol. The minimum Gasteiger partial charge on any atom is -0.464 e. The molecule has 0 spiro atoms. The van der Waals surface area contributed by atoms with Gasteiger partial charge in [-0.05, 0) is 31.2 Å². The first-order chi connectivity index (χ1) is 12.1. The molecule has 132 valence electrons. The molecule has 2 aromatic rings. The summed E-state index contributed by atoms with van der Waals surface area (Å²) in [5, 5.41) is 0. The highest BCUT2D eigenvalue weighted by molar-refractivity contribution is 5.96. The summed E-state index contributed by atoms with van der Waals surface area (Å²) in [6, 6.07) is 5.41. The van der Waals surface area contributed by atoms with Crippen molar-refractivity contribution < 1.29 is 28.0 Å². The molecule has 0 radical (unpaired) electrons. The monoisotopic (exact) mass is 346 g/mol. The molecule has 0 aromatic carbocycles. The van der Waals surface area contributed by atoms with E-state index in [0.717, 1.165) is 0 Å². The SMILES string of the molecule is CCOC(=O)C1CN(C(=O)c2ccco2)CCN1C(=O)c1ccco1. The maximum Gasteiger partial charge on any atom is 0.330 e. The molecular formula is C17H18N2O6. The smallest absolute Gasteiger partial charge is 0.330 e. The summed E-state index contributed by atoms with van der Waals surface area (Å²) in [5.41, 5.74) is 0. The minimum atomic E-state index is -0.898. The van der Waals surface area contributed by atoms with Crippen LogP contribution in [0.5, 0.6) is 0 Å². The van der Waals surface area contributed by atoms with Crippen LogP contribution in [-0.2, 0) is 9.53 Å². The van der Waals surface area contributed by atoms with Crippen molar-refractivity contribution >= 4 is 17.8 Å². The summed E-state index contributed by atoms with van der Waals surface area (Å²) in [6.07, 6.45) is 2.80. The van der Waals surface area contributed by atoms with E-state index in [2.05, 4.69) is 0 Å². The van der Waals surface area contributed by atoms with Gasteiger partial charge in [-0.2, -0.15) is 0 Å². The number of carbonyl (C=O) groups is 3. The first-order valence-corrected chi connectivity index (χ1v) is 7.95. The van der Waals surface area contributed by atoms with E-state index in [1.54, 1.807) is 25.1 Å². The Labute approximate surface area is 143 Å². The first kappa shape index (κ1) is 16.8. The molecule has 1 aliphatic heterocycles. The molecule has 1 fully saturated rings. The molecule has 1 saturated heterocycles. The molecule has 1 aliphatic rings. The van der Waals surface area contributed by atoms with Crippen LogP contribution in [0, 0.1) is 0 Å². The van der Waals surface area contributed by atoms with Crippen LogP contribution in [0.1, 0.15) is 28.0 Å². The predicted octanol–water partition coefficient (Wildman–Crippen LogP) is 1.40. The van der Waals surface area contributed by atoms with E-state index in [1.807, 2.05) is 0 Å². The number of nitrogens with zero attached hydrogens (tertiary/aromatic N) is 2. The van der Waals surface area contributed by atoms with Crippen molar-refractivity contribution in [2.75, 3.05) is 26.2 Å². The summed E-state index contributed by atoms with van der Waals surface area (Å²) in [6.45, 7) is 2.37. The zero-order valence-corrected chi connectivity index (χ0v) is 13.7. The van der Waals surface area contributed by atoms with Crippen molar-refractivity contribution in [2.24, 2.45) is 0 Å². The van der Waals surface area contributed by atoms with E-state index >= 15 is 0 Å². The molecule has 2 aromatic heterocycles. The van der Waals surface area contributed by atoms with E-state index < -0.39 is 17.9 Å². The lowest BCUT2D eigenvalue weighted by Crippen LogP contribution is -2.59.